The van der Waals surface area contributed by atoms with E-state index in [9.17, 15) is 4.79 Å². The van der Waals surface area contributed by atoms with Gasteiger partial charge in [0.1, 0.15) is 0 Å². The molecular formula is C15H20N2O. The maximum atomic E-state index is 12.2. The van der Waals surface area contributed by atoms with Gasteiger partial charge in [0.15, 0.2) is 0 Å². The Balaban J connectivity index is 2.03. The summed E-state index contributed by atoms with van der Waals surface area (Å²) in [6.07, 6.45) is 1.96. The molecule has 1 aromatic carbocycles. The van der Waals surface area contributed by atoms with E-state index in [4.69, 9.17) is 0 Å². The van der Waals surface area contributed by atoms with Crippen molar-refractivity contribution in [2.45, 2.75) is 6.92 Å². The first-order valence-electron chi connectivity index (χ1n) is 6.38. The molecule has 3 heteroatoms. The Labute approximate surface area is 109 Å². The molecule has 0 spiro atoms. The number of piperazine rings is 1. The highest BCUT2D eigenvalue weighted by Crippen LogP contribution is 2.10. The normalized spacial score (nSPS) is 17.9. The zero-order chi connectivity index (χ0) is 13.0. The zero-order valence-electron chi connectivity index (χ0n) is 11.1. The molecule has 1 fully saturated rings. The minimum absolute atomic E-state index is 0.159. The first-order chi connectivity index (χ1) is 8.66. The van der Waals surface area contributed by atoms with Gasteiger partial charge in [-0.1, -0.05) is 30.3 Å². The van der Waals surface area contributed by atoms with Crippen LogP contribution < -0.4 is 0 Å². The van der Waals surface area contributed by atoms with Gasteiger partial charge >= 0.3 is 0 Å². The minimum Gasteiger partial charge on any atom is -0.336 e. The van der Waals surface area contributed by atoms with Crippen molar-refractivity contribution in [2.24, 2.45) is 0 Å². The maximum absolute atomic E-state index is 12.2. The van der Waals surface area contributed by atoms with Crippen LogP contribution in [-0.2, 0) is 4.79 Å². The van der Waals surface area contributed by atoms with Gasteiger partial charge in [-0.25, -0.2) is 0 Å². The molecule has 96 valence electrons. The van der Waals surface area contributed by atoms with Crippen molar-refractivity contribution in [3.8, 4) is 0 Å². The summed E-state index contributed by atoms with van der Waals surface area (Å²) in [5, 5.41) is 0. The molecule has 1 heterocycles. The van der Waals surface area contributed by atoms with Crippen molar-refractivity contribution in [1.82, 2.24) is 9.80 Å². The predicted molar refractivity (Wildman–Crippen MR) is 74.2 cm³/mol. The van der Waals surface area contributed by atoms with E-state index in [2.05, 4.69) is 11.9 Å². The lowest BCUT2D eigenvalue weighted by Gasteiger charge is -2.32. The van der Waals surface area contributed by atoms with Crippen molar-refractivity contribution in [3.63, 3.8) is 0 Å². The fourth-order valence-corrected chi connectivity index (χ4v) is 2.12. The molecule has 0 saturated carbocycles. The average Bonchev–Trinajstić information content (AvgIpc) is 2.40. The van der Waals surface area contributed by atoms with Crippen LogP contribution in [0.1, 0.15) is 12.5 Å². The molecule has 1 aromatic rings. The largest absolute Gasteiger partial charge is 0.336 e. The number of likely N-dealkylation sites (N-methyl/N-ethyl adjacent to an activating group) is 1. The molecule has 18 heavy (non-hydrogen) atoms. The van der Waals surface area contributed by atoms with E-state index in [0.717, 1.165) is 37.3 Å². The van der Waals surface area contributed by atoms with Crippen molar-refractivity contribution in [3.05, 3.63) is 41.5 Å². The molecular weight excluding hydrogens is 224 g/mol. The van der Waals surface area contributed by atoms with Gasteiger partial charge in [0.2, 0.25) is 5.91 Å². The van der Waals surface area contributed by atoms with Gasteiger partial charge in [0, 0.05) is 31.8 Å². The second-order valence-electron chi connectivity index (χ2n) is 4.83. The standard InChI is InChI=1S/C15H20N2O/c1-13(12-14-6-4-3-5-7-14)15(18)17-10-8-16(2)9-11-17/h3-7,12H,8-11H2,1-2H3/b13-12-. The third kappa shape index (κ3) is 3.20. The van der Waals surface area contributed by atoms with Crippen LogP contribution in [0.15, 0.2) is 35.9 Å². The van der Waals surface area contributed by atoms with Crippen molar-refractivity contribution in [2.75, 3.05) is 33.2 Å². The quantitative estimate of drug-likeness (QED) is 0.741. The van der Waals surface area contributed by atoms with E-state index in [1.165, 1.54) is 0 Å². The van der Waals surface area contributed by atoms with E-state index in [1.807, 2.05) is 48.2 Å². The topological polar surface area (TPSA) is 23.6 Å². The fourth-order valence-electron chi connectivity index (χ4n) is 2.12. The predicted octanol–water partition coefficient (Wildman–Crippen LogP) is 1.86. The highest BCUT2D eigenvalue weighted by Gasteiger charge is 2.19. The lowest BCUT2D eigenvalue weighted by molar-refractivity contribution is -0.128. The van der Waals surface area contributed by atoms with E-state index < -0.39 is 0 Å². The Bertz CT molecular complexity index is 431. The van der Waals surface area contributed by atoms with Gasteiger partial charge in [-0.2, -0.15) is 0 Å². The molecule has 0 radical (unpaired) electrons. The number of amides is 1. The molecule has 3 nitrogen and oxygen atoms in total. The molecule has 1 saturated heterocycles. The van der Waals surface area contributed by atoms with Crippen molar-refractivity contribution < 1.29 is 4.79 Å². The molecule has 1 amide bonds. The first kappa shape index (κ1) is 12.8. The first-order valence-corrected chi connectivity index (χ1v) is 6.38. The van der Waals surface area contributed by atoms with Crippen LogP contribution in [-0.4, -0.2) is 48.9 Å². The lowest BCUT2D eigenvalue weighted by Crippen LogP contribution is -2.47. The summed E-state index contributed by atoms with van der Waals surface area (Å²) in [6, 6.07) is 9.98. The Morgan fingerprint density at radius 2 is 1.72 bits per heavy atom. The number of nitrogens with zero attached hydrogens (tertiary/aromatic N) is 2. The van der Waals surface area contributed by atoms with Gasteiger partial charge < -0.3 is 9.80 Å². The number of hydrogen-bond acceptors (Lipinski definition) is 2. The fraction of sp³-hybridized carbons (Fsp3) is 0.400. The summed E-state index contributed by atoms with van der Waals surface area (Å²) in [5.74, 6) is 0.159. The summed E-state index contributed by atoms with van der Waals surface area (Å²) in [4.78, 5) is 16.4. The Hall–Kier alpha value is -1.61. The smallest absolute Gasteiger partial charge is 0.249 e. The Kier molecular flexibility index (Phi) is 4.15. The number of carbonyl (C=O) groups excluding carboxylic acids is 1. The number of carbonyl (C=O) groups is 1. The third-order valence-electron chi connectivity index (χ3n) is 3.31. The van der Waals surface area contributed by atoms with Crippen molar-refractivity contribution in [1.29, 1.82) is 0 Å². The van der Waals surface area contributed by atoms with Crippen LogP contribution in [0.2, 0.25) is 0 Å². The average molecular weight is 244 g/mol. The third-order valence-corrected chi connectivity index (χ3v) is 3.31. The highest BCUT2D eigenvalue weighted by molar-refractivity contribution is 5.97. The highest BCUT2D eigenvalue weighted by atomic mass is 16.2. The summed E-state index contributed by atoms with van der Waals surface area (Å²) in [6.45, 7) is 5.48. The molecule has 0 aromatic heterocycles. The molecule has 0 atom stereocenters. The van der Waals surface area contributed by atoms with E-state index in [0.29, 0.717) is 0 Å². The number of benzene rings is 1. The SMILES string of the molecule is C/C(=C/c1ccccc1)C(=O)N1CCN(C)CC1. The Morgan fingerprint density at radius 3 is 2.33 bits per heavy atom. The molecule has 2 rings (SSSR count). The summed E-state index contributed by atoms with van der Waals surface area (Å²) in [7, 11) is 2.09. The molecule has 1 aliphatic heterocycles. The summed E-state index contributed by atoms with van der Waals surface area (Å²) >= 11 is 0. The summed E-state index contributed by atoms with van der Waals surface area (Å²) < 4.78 is 0. The van der Waals surface area contributed by atoms with Crippen LogP contribution in [0.4, 0.5) is 0 Å². The van der Waals surface area contributed by atoms with Crippen LogP contribution in [0.25, 0.3) is 6.08 Å². The van der Waals surface area contributed by atoms with Gasteiger partial charge in [0.05, 0.1) is 0 Å². The Morgan fingerprint density at radius 1 is 1.11 bits per heavy atom. The molecule has 1 aliphatic rings. The monoisotopic (exact) mass is 244 g/mol. The lowest BCUT2D eigenvalue weighted by atomic mass is 10.1. The van der Waals surface area contributed by atoms with Crippen LogP contribution in [0, 0.1) is 0 Å². The van der Waals surface area contributed by atoms with Gasteiger partial charge in [0.25, 0.3) is 0 Å². The maximum Gasteiger partial charge on any atom is 0.249 e. The van der Waals surface area contributed by atoms with E-state index >= 15 is 0 Å². The van der Waals surface area contributed by atoms with Crippen LogP contribution in [0.3, 0.4) is 0 Å². The number of rotatable bonds is 2. The van der Waals surface area contributed by atoms with Crippen LogP contribution >= 0.6 is 0 Å². The zero-order valence-corrected chi connectivity index (χ0v) is 11.1. The van der Waals surface area contributed by atoms with E-state index in [1.54, 1.807) is 0 Å². The van der Waals surface area contributed by atoms with Gasteiger partial charge in [-0.3, -0.25) is 4.79 Å². The van der Waals surface area contributed by atoms with Gasteiger partial charge in [-0.15, -0.1) is 0 Å². The molecule has 0 aliphatic carbocycles. The summed E-state index contributed by atoms with van der Waals surface area (Å²) in [5.41, 5.74) is 1.89. The van der Waals surface area contributed by atoms with Crippen molar-refractivity contribution >= 4 is 12.0 Å². The minimum atomic E-state index is 0.159. The molecule has 0 bridgehead atoms. The van der Waals surface area contributed by atoms with Crippen LogP contribution in [0.5, 0.6) is 0 Å². The second kappa shape index (κ2) is 5.83. The second-order valence-corrected chi connectivity index (χ2v) is 4.83. The van der Waals surface area contributed by atoms with E-state index in [-0.39, 0.29) is 5.91 Å². The van der Waals surface area contributed by atoms with Gasteiger partial charge in [-0.05, 0) is 25.6 Å². The molecule has 0 N–H and O–H groups in total. The number of hydrogen-bond donors (Lipinski definition) is 0. The molecule has 0 unspecified atom stereocenters.